The second kappa shape index (κ2) is 4.32. The van der Waals surface area contributed by atoms with Crippen LogP contribution in [-0.2, 0) is 6.54 Å². The summed E-state index contributed by atoms with van der Waals surface area (Å²) in [7, 11) is 0. The van der Waals surface area contributed by atoms with E-state index >= 15 is 0 Å². The van der Waals surface area contributed by atoms with Crippen LogP contribution in [0.4, 0.5) is 8.78 Å². The number of hydrogen-bond acceptors (Lipinski definition) is 2. The van der Waals surface area contributed by atoms with Gasteiger partial charge in [-0.25, -0.2) is 13.8 Å². The molecule has 1 unspecified atom stereocenters. The van der Waals surface area contributed by atoms with Gasteiger partial charge in [0.15, 0.2) is 0 Å². The van der Waals surface area contributed by atoms with E-state index in [0.29, 0.717) is 12.4 Å². The summed E-state index contributed by atoms with van der Waals surface area (Å²) >= 11 is 0. The molecule has 1 heterocycles. The van der Waals surface area contributed by atoms with Gasteiger partial charge in [0.05, 0.1) is 5.92 Å². The Kier molecular flexibility index (Phi) is 3.36. The zero-order valence-electron chi connectivity index (χ0n) is 7.45. The van der Waals surface area contributed by atoms with Crippen LogP contribution in [0, 0.1) is 0 Å². The molecule has 1 atom stereocenters. The fraction of sp³-hybridized carbons (Fsp3) is 0.625. The zero-order chi connectivity index (χ0) is 9.84. The highest BCUT2D eigenvalue weighted by atomic mass is 19.3. The highest BCUT2D eigenvalue weighted by Crippen LogP contribution is 2.20. The SMILES string of the molecule is CCn1ccnc1C(CN)C(F)F. The lowest BCUT2D eigenvalue weighted by Gasteiger charge is -2.14. The first-order valence-corrected chi connectivity index (χ1v) is 4.20. The van der Waals surface area contributed by atoms with Gasteiger partial charge in [-0.15, -0.1) is 0 Å². The molecule has 0 fully saturated rings. The fourth-order valence-electron chi connectivity index (χ4n) is 1.24. The minimum atomic E-state index is -2.45. The Morgan fingerprint density at radius 1 is 1.62 bits per heavy atom. The largest absolute Gasteiger partial charge is 0.335 e. The first-order chi connectivity index (χ1) is 6.20. The Morgan fingerprint density at radius 3 is 2.77 bits per heavy atom. The van der Waals surface area contributed by atoms with Crippen LogP contribution >= 0.6 is 0 Å². The summed E-state index contributed by atoms with van der Waals surface area (Å²) in [5, 5.41) is 0. The number of nitrogens with two attached hydrogens (primary N) is 1. The average molecular weight is 189 g/mol. The number of halogens is 2. The summed E-state index contributed by atoms with van der Waals surface area (Å²) in [4.78, 5) is 3.88. The van der Waals surface area contributed by atoms with Crippen LogP contribution in [0.25, 0.3) is 0 Å². The van der Waals surface area contributed by atoms with E-state index in [1.807, 2.05) is 6.92 Å². The van der Waals surface area contributed by atoms with Crippen molar-refractivity contribution in [1.82, 2.24) is 9.55 Å². The van der Waals surface area contributed by atoms with Gasteiger partial charge in [0.1, 0.15) is 5.82 Å². The van der Waals surface area contributed by atoms with E-state index in [0.717, 1.165) is 0 Å². The smallest absolute Gasteiger partial charge is 0.249 e. The maximum atomic E-state index is 12.4. The van der Waals surface area contributed by atoms with Crippen LogP contribution in [0.3, 0.4) is 0 Å². The lowest BCUT2D eigenvalue weighted by Crippen LogP contribution is -2.23. The quantitative estimate of drug-likeness (QED) is 0.773. The molecule has 0 aliphatic carbocycles. The molecular formula is C8H13F2N3. The summed E-state index contributed by atoms with van der Waals surface area (Å²) < 4.78 is 26.6. The number of aromatic nitrogens is 2. The number of aryl methyl sites for hydroxylation is 1. The van der Waals surface area contributed by atoms with Crippen LogP contribution in [-0.4, -0.2) is 22.5 Å². The van der Waals surface area contributed by atoms with Gasteiger partial charge >= 0.3 is 0 Å². The van der Waals surface area contributed by atoms with Gasteiger partial charge in [-0.1, -0.05) is 0 Å². The number of alkyl halides is 2. The van der Waals surface area contributed by atoms with Crippen molar-refractivity contribution >= 4 is 0 Å². The molecule has 0 spiro atoms. The second-order valence-electron chi connectivity index (χ2n) is 2.75. The molecule has 0 amide bonds. The number of rotatable bonds is 4. The molecule has 1 rings (SSSR count). The molecule has 0 radical (unpaired) electrons. The van der Waals surface area contributed by atoms with Gasteiger partial charge in [0.25, 0.3) is 0 Å². The van der Waals surface area contributed by atoms with Crippen molar-refractivity contribution in [2.24, 2.45) is 5.73 Å². The fourth-order valence-corrected chi connectivity index (χ4v) is 1.24. The molecule has 1 aromatic rings. The van der Waals surface area contributed by atoms with E-state index in [9.17, 15) is 8.78 Å². The molecule has 1 aromatic heterocycles. The van der Waals surface area contributed by atoms with Crippen LogP contribution in [0.1, 0.15) is 18.7 Å². The van der Waals surface area contributed by atoms with Crippen molar-refractivity contribution in [3.8, 4) is 0 Å². The normalized spacial score (nSPS) is 13.6. The van der Waals surface area contributed by atoms with Crippen molar-refractivity contribution in [3.63, 3.8) is 0 Å². The minimum Gasteiger partial charge on any atom is -0.335 e. The van der Waals surface area contributed by atoms with E-state index < -0.39 is 12.3 Å². The topological polar surface area (TPSA) is 43.8 Å². The van der Waals surface area contributed by atoms with E-state index in [1.54, 1.807) is 10.8 Å². The Bertz CT molecular complexity index is 260. The predicted molar refractivity (Wildman–Crippen MR) is 45.7 cm³/mol. The summed E-state index contributed by atoms with van der Waals surface area (Å²) in [5.74, 6) is -0.574. The van der Waals surface area contributed by atoms with Gasteiger partial charge in [-0.3, -0.25) is 0 Å². The van der Waals surface area contributed by atoms with Crippen molar-refractivity contribution in [2.75, 3.05) is 6.54 Å². The minimum absolute atomic E-state index is 0.0747. The average Bonchev–Trinajstić information content (AvgIpc) is 2.53. The Balaban J connectivity index is 2.90. The van der Waals surface area contributed by atoms with Gasteiger partial charge in [-0.05, 0) is 6.92 Å². The first kappa shape index (κ1) is 10.1. The maximum Gasteiger partial charge on any atom is 0.249 e. The molecule has 5 heteroatoms. The van der Waals surface area contributed by atoms with Gasteiger partial charge in [-0.2, -0.15) is 0 Å². The second-order valence-corrected chi connectivity index (χ2v) is 2.75. The first-order valence-electron chi connectivity index (χ1n) is 4.20. The third-order valence-corrected chi connectivity index (χ3v) is 1.98. The molecule has 0 saturated carbocycles. The Hall–Kier alpha value is -0.970. The van der Waals surface area contributed by atoms with Crippen LogP contribution in [0.2, 0.25) is 0 Å². The van der Waals surface area contributed by atoms with Crippen molar-refractivity contribution in [1.29, 1.82) is 0 Å². The van der Waals surface area contributed by atoms with Crippen molar-refractivity contribution in [3.05, 3.63) is 18.2 Å². The summed E-state index contributed by atoms with van der Waals surface area (Å²) in [6.07, 6.45) is 0.752. The number of hydrogen-bond donors (Lipinski definition) is 1. The molecule has 2 N–H and O–H groups in total. The predicted octanol–water partition coefficient (Wildman–Crippen LogP) is 1.21. The maximum absolute atomic E-state index is 12.4. The molecular weight excluding hydrogens is 176 g/mol. The lowest BCUT2D eigenvalue weighted by molar-refractivity contribution is 0.112. The number of imidazole rings is 1. The molecule has 0 aliphatic heterocycles. The lowest BCUT2D eigenvalue weighted by atomic mass is 10.1. The van der Waals surface area contributed by atoms with E-state index in [4.69, 9.17) is 5.73 Å². The third-order valence-electron chi connectivity index (χ3n) is 1.98. The van der Waals surface area contributed by atoms with Crippen molar-refractivity contribution < 1.29 is 8.78 Å². The Morgan fingerprint density at radius 2 is 2.31 bits per heavy atom. The molecule has 3 nitrogen and oxygen atoms in total. The molecule has 74 valence electrons. The molecule has 0 bridgehead atoms. The van der Waals surface area contributed by atoms with E-state index in [2.05, 4.69) is 4.98 Å². The van der Waals surface area contributed by atoms with E-state index in [-0.39, 0.29) is 6.54 Å². The van der Waals surface area contributed by atoms with Crippen LogP contribution < -0.4 is 5.73 Å². The monoisotopic (exact) mass is 189 g/mol. The van der Waals surface area contributed by atoms with Crippen LogP contribution in [0.5, 0.6) is 0 Å². The standard InChI is InChI=1S/C8H13F2N3/c1-2-13-4-3-12-8(13)6(5-11)7(9)10/h3-4,6-7H,2,5,11H2,1H3. The molecule has 13 heavy (non-hydrogen) atoms. The van der Waals surface area contributed by atoms with Gasteiger partial charge in [0, 0.05) is 25.5 Å². The highest BCUT2D eigenvalue weighted by Gasteiger charge is 2.24. The third kappa shape index (κ3) is 2.03. The molecule has 0 saturated heterocycles. The van der Waals surface area contributed by atoms with Crippen LogP contribution in [0.15, 0.2) is 12.4 Å². The highest BCUT2D eigenvalue weighted by molar-refractivity contribution is 5.02. The molecule has 0 aliphatic rings. The zero-order valence-corrected chi connectivity index (χ0v) is 7.45. The van der Waals surface area contributed by atoms with Crippen molar-refractivity contribution in [2.45, 2.75) is 25.8 Å². The van der Waals surface area contributed by atoms with Gasteiger partial charge < -0.3 is 10.3 Å². The van der Waals surface area contributed by atoms with Gasteiger partial charge in [0.2, 0.25) is 6.43 Å². The Labute approximate surface area is 75.6 Å². The molecule has 0 aromatic carbocycles. The summed E-state index contributed by atoms with van der Waals surface area (Å²) in [6.45, 7) is 2.44. The summed E-state index contributed by atoms with van der Waals surface area (Å²) in [6, 6.07) is 0. The number of nitrogens with zero attached hydrogens (tertiary/aromatic N) is 2. The summed E-state index contributed by atoms with van der Waals surface area (Å²) in [5.41, 5.74) is 5.26. The van der Waals surface area contributed by atoms with E-state index in [1.165, 1.54) is 6.20 Å².